The molecule has 0 saturated carbocycles. The minimum atomic E-state index is -1.75. The number of rotatable bonds is 14. The van der Waals surface area contributed by atoms with Gasteiger partial charge in [0.2, 0.25) is 5.90 Å². The Hall–Kier alpha value is -4.16. The Morgan fingerprint density at radius 2 is 1.90 bits per heavy atom. The van der Waals surface area contributed by atoms with Crippen LogP contribution in [0.2, 0.25) is 0 Å². The summed E-state index contributed by atoms with van der Waals surface area (Å²) in [7, 11) is 0. The lowest BCUT2D eigenvalue weighted by Crippen LogP contribution is -2.50. The molecule has 3 atom stereocenters. The highest BCUT2D eigenvalue weighted by Crippen LogP contribution is 2.46. The van der Waals surface area contributed by atoms with Gasteiger partial charge >= 0.3 is 5.97 Å². The summed E-state index contributed by atoms with van der Waals surface area (Å²) in [6.07, 6.45) is -2.24. The molecular formula is C29H37N5O8. The molecule has 0 fully saturated rings. The highest BCUT2D eigenvalue weighted by atomic mass is 16.6. The topological polar surface area (TPSA) is 196 Å². The van der Waals surface area contributed by atoms with Crippen molar-refractivity contribution in [2.45, 2.75) is 63.4 Å². The monoisotopic (exact) mass is 583 g/mol. The molecular weight excluding hydrogens is 546 g/mol. The van der Waals surface area contributed by atoms with Crippen LogP contribution in [0.25, 0.3) is 10.4 Å². The lowest BCUT2D eigenvalue weighted by molar-refractivity contribution is -0.155. The molecule has 3 rings (SSSR count). The molecule has 1 aliphatic rings. The van der Waals surface area contributed by atoms with E-state index in [9.17, 15) is 25.3 Å². The standard InChI is InChI=1S/C29H37N5O8/c1-28(2,3)42-24(38)13-14-29(27(39)31-17-20(37)18-36)25(22-7-4-5-8-23(22)33-34-30)41-26(32-29)19-9-11-21(12-10-19)40-16-6-15-35/h4-5,7-12,20,25,35-37H,6,13-18H2,1-3H3,(H,31,39)/t20?,25-,29-/m0/s1. The molecule has 0 bridgehead atoms. The van der Waals surface area contributed by atoms with Crippen LogP contribution >= 0.6 is 0 Å². The largest absolute Gasteiger partial charge is 0.494 e. The number of hydrogen-bond acceptors (Lipinski definition) is 10. The van der Waals surface area contributed by atoms with Gasteiger partial charge in [0.05, 0.1) is 19.3 Å². The number of nitrogens with zero attached hydrogens (tertiary/aromatic N) is 4. The number of azide groups is 1. The van der Waals surface area contributed by atoms with Gasteiger partial charge in [0.15, 0.2) is 11.6 Å². The first-order valence-corrected chi connectivity index (χ1v) is 13.6. The van der Waals surface area contributed by atoms with Crippen molar-refractivity contribution < 1.29 is 39.1 Å². The van der Waals surface area contributed by atoms with Crippen molar-refractivity contribution in [1.82, 2.24) is 5.32 Å². The average molecular weight is 584 g/mol. The fourth-order valence-electron chi connectivity index (χ4n) is 4.31. The van der Waals surface area contributed by atoms with Crippen molar-refractivity contribution in [2.75, 3.05) is 26.4 Å². The van der Waals surface area contributed by atoms with Crippen molar-refractivity contribution in [3.63, 3.8) is 0 Å². The normalized spacial score (nSPS) is 18.7. The summed E-state index contributed by atoms with van der Waals surface area (Å²) < 4.78 is 17.4. The van der Waals surface area contributed by atoms with E-state index in [4.69, 9.17) is 24.3 Å². The molecule has 0 aliphatic carbocycles. The number of hydrogen-bond donors (Lipinski definition) is 4. The molecule has 1 amide bonds. The predicted molar refractivity (Wildman–Crippen MR) is 153 cm³/mol. The van der Waals surface area contributed by atoms with E-state index in [2.05, 4.69) is 15.3 Å². The number of amides is 1. The Bertz CT molecular complexity index is 1300. The third-order valence-electron chi connectivity index (χ3n) is 6.24. The zero-order chi connectivity index (χ0) is 30.8. The van der Waals surface area contributed by atoms with Crippen LogP contribution in [0.15, 0.2) is 58.6 Å². The van der Waals surface area contributed by atoms with Crippen molar-refractivity contribution in [3.8, 4) is 5.75 Å². The quantitative estimate of drug-likeness (QED) is 0.0855. The van der Waals surface area contributed by atoms with Crippen molar-refractivity contribution in [2.24, 2.45) is 10.1 Å². The van der Waals surface area contributed by atoms with E-state index in [1.165, 1.54) is 0 Å². The lowest BCUT2D eigenvalue weighted by Gasteiger charge is -2.31. The second-order valence-corrected chi connectivity index (χ2v) is 10.7. The maximum absolute atomic E-state index is 13.9. The predicted octanol–water partition coefficient (Wildman–Crippen LogP) is 3.24. The molecule has 1 aliphatic heterocycles. The number of ether oxygens (including phenoxy) is 3. The molecule has 0 aromatic heterocycles. The fraction of sp³-hybridized carbons (Fsp3) is 0.483. The first-order valence-electron chi connectivity index (χ1n) is 13.6. The molecule has 2 aromatic rings. The number of nitrogens with one attached hydrogen (secondary N) is 1. The number of aliphatic hydroxyl groups excluding tert-OH is 3. The fourth-order valence-corrected chi connectivity index (χ4v) is 4.31. The summed E-state index contributed by atoms with van der Waals surface area (Å²) in [4.78, 5) is 34.4. The molecule has 13 heteroatoms. The Morgan fingerprint density at radius 3 is 2.55 bits per heavy atom. The molecule has 2 aromatic carbocycles. The van der Waals surface area contributed by atoms with Gasteiger partial charge in [-0.3, -0.25) is 9.59 Å². The summed E-state index contributed by atoms with van der Waals surface area (Å²) in [5.41, 5.74) is 7.76. The van der Waals surface area contributed by atoms with Crippen LogP contribution in [0.4, 0.5) is 5.69 Å². The molecule has 42 heavy (non-hydrogen) atoms. The lowest BCUT2D eigenvalue weighted by atomic mass is 9.82. The van der Waals surface area contributed by atoms with Crippen LogP contribution in [-0.2, 0) is 19.1 Å². The number of aliphatic imine (C=N–C) groups is 1. The van der Waals surface area contributed by atoms with Gasteiger partial charge in [-0.1, -0.05) is 29.4 Å². The van der Waals surface area contributed by atoms with E-state index in [1.807, 2.05) is 0 Å². The highest BCUT2D eigenvalue weighted by Gasteiger charge is 2.54. The average Bonchev–Trinajstić information content (AvgIpc) is 3.35. The van der Waals surface area contributed by atoms with Gasteiger partial charge in [0.25, 0.3) is 5.91 Å². The summed E-state index contributed by atoms with van der Waals surface area (Å²) in [5.74, 6) is -0.568. The van der Waals surface area contributed by atoms with Gasteiger partial charge in [0, 0.05) is 47.7 Å². The van der Waals surface area contributed by atoms with E-state index >= 15 is 0 Å². The Morgan fingerprint density at radius 1 is 1.19 bits per heavy atom. The van der Waals surface area contributed by atoms with E-state index in [1.54, 1.807) is 69.3 Å². The zero-order valence-electron chi connectivity index (χ0n) is 23.9. The minimum Gasteiger partial charge on any atom is -0.494 e. The Labute approximate surface area is 243 Å². The maximum atomic E-state index is 13.9. The van der Waals surface area contributed by atoms with Gasteiger partial charge in [0.1, 0.15) is 11.4 Å². The van der Waals surface area contributed by atoms with Gasteiger partial charge in [-0.05, 0) is 57.0 Å². The van der Waals surface area contributed by atoms with Crippen LogP contribution in [0.1, 0.15) is 57.3 Å². The van der Waals surface area contributed by atoms with Crippen LogP contribution in [0, 0.1) is 0 Å². The van der Waals surface area contributed by atoms with Gasteiger partial charge < -0.3 is 34.8 Å². The van der Waals surface area contributed by atoms with Gasteiger partial charge in [-0.15, -0.1) is 0 Å². The van der Waals surface area contributed by atoms with Crippen molar-refractivity contribution in [3.05, 3.63) is 70.1 Å². The van der Waals surface area contributed by atoms with Crippen LogP contribution in [-0.4, -0.2) is 76.7 Å². The third kappa shape index (κ3) is 8.43. The van der Waals surface area contributed by atoms with Crippen LogP contribution in [0.5, 0.6) is 5.75 Å². The minimum absolute atomic E-state index is 0.00418. The van der Waals surface area contributed by atoms with Gasteiger partial charge in [-0.2, -0.15) is 0 Å². The van der Waals surface area contributed by atoms with Crippen LogP contribution in [0.3, 0.4) is 0 Å². The zero-order valence-corrected chi connectivity index (χ0v) is 23.9. The smallest absolute Gasteiger partial charge is 0.306 e. The molecule has 226 valence electrons. The number of esters is 1. The first kappa shape index (κ1) is 32.4. The molecule has 4 N–H and O–H groups in total. The molecule has 1 unspecified atom stereocenters. The summed E-state index contributed by atoms with van der Waals surface area (Å²) in [5, 5.41) is 34.6. The number of benzene rings is 2. The second-order valence-electron chi connectivity index (χ2n) is 10.7. The SMILES string of the molecule is CC(C)(C)OC(=O)CC[C@]1(C(=O)NCC(O)CO)N=C(c2ccc(OCCCO)cc2)O[C@H]1c1ccccc1N=[N+]=[N-]. The molecule has 1 heterocycles. The second kappa shape index (κ2) is 14.6. The summed E-state index contributed by atoms with van der Waals surface area (Å²) >= 11 is 0. The number of carbonyl (C=O) groups is 2. The van der Waals surface area contributed by atoms with E-state index in [0.29, 0.717) is 29.9 Å². The summed E-state index contributed by atoms with van der Waals surface area (Å²) in [6.45, 7) is 4.67. The number of carbonyl (C=O) groups excluding carboxylic acids is 2. The first-order chi connectivity index (χ1) is 20.0. The highest BCUT2D eigenvalue weighted by molar-refractivity contribution is 6.01. The Balaban J connectivity index is 2.09. The molecule has 13 nitrogen and oxygen atoms in total. The third-order valence-corrected chi connectivity index (χ3v) is 6.24. The van der Waals surface area contributed by atoms with Crippen LogP contribution < -0.4 is 10.1 Å². The molecule has 0 spiro atoms. The number of aliphatic hydroxyl groups is 3. The Kier molecular flexibility index (Phi) is 11.3. The molecule has 0 saturated heterocycles. The maximum Gasteiger partial charge on any atom is 0.306 e. The van der Waals surface area contributed by atoms with E-state index < -0.39 is 41.8 Å². The van der Waals surface area contributed by atoms with Crippen molar-refractivity contribution >= 4 is 23.5 Å². The molecule has 0 radical (unpaired) electrons. The summed E-state index contributed by atoms with van der Waals surface area (Å²) in [6, 6.07) is 13.4. The van der Waals surface area contributed by atoms with E-state index in [-0.39, 0.29) is 37.6 Å². The van der Waals surface area contributed by atoms with Gasteiger partial charge in [-0.25, -0.2) is 4.99 Å². The van der Waals surface area contributed by atoms with Crippen molar-refractivity contribution in [1.29, 1.82) is 0 Å². The van der Waals surface area contributed by atoms with E-state index in [0.717, 1.165) is 0 Å².